The lowest BCUT2D eigenvalue weighted by molar-refractivity contribution is 0.0963. The van der Waals surface area contributed by atoms with Gasteiger partial charge in [0.25, 0.3) is 5.91 Å². The van der Waals surface area contributed by atoms with Gasteiger partial charge in [0, 0.05) is 31.4 Å². The first kappa shape index (κ1) is 21.7. The van der Waals surface area contributed by atoms with Crippen LogP contribution in [0.1, 0.15) is 57.3 Å². The summed E-state index contributed by atoms with van der Waals surface area (Å²) in [6, 6.07) is 12.1. The molecule has 2 atom stereocenters. The third kappa shape index (κ3) is 3.56. The number of carbonyl (C=O) groups is 1. The van der Waals surface area contributed by atoms with Crippen molar-refractivity contribution in [2.45, 2.75) is 37.6 Å². The van der Waals surface area contributed by atoms with E-state index in [1.165, 1.54) is 5.56 Å². The van der Waals surface area contributed by atoms with Crippen LogP contribution in [0.2, 0.25) is 0 Å². The number of nitrogens with zero attached hydrogens (tertiary/aromatic N) is 3. The highest BCUT2D eigenvalue weighted by Crippen LogP contribution is 2.46. The molecule has 1 aliphatic rings. The summed E-state index contributed by atoms with van der Waals surface area (Å²) in [5, 5.41) is 21.2. The minimum atomic E-state index is -0.691. The standard InChI is InChI=1S/C24H29N7O/c1-14(25)13-24(23-28-30-31-29-23)20-9-7-16(15(2)26-3)11-17(20)5-6-18-12-19(22(32)27-4)8-10-21(18)24/h7-12,14,26H,2,5-6,13,25H2,1,3-4H3,(H,27,32)(H,28,29,30,31)/t14-,24?/m1/s1. The van der Waals surface area contributed by atoms with Gasteiger partial charge in [-0.05, 0) is 72.2 Å². The summed E-state index contributed by atoms with van der Waals surface area (Å²) in [6.45, 7) is 6.10. The molecule has 0 aliphatic heterocycles. The molecule has 1 aliphatic carbocycles. The summed E-state index contributed by atoms with van der Waals surface area (Å²) >= 11 is 0. The zero-order valence-electron chi connectivity index (χ0n) is 18.7. The van der Waals surface area contributed by atoms with Crippen LogP contribution in [-0.2, 0) is 18.3 Å². The monoisotopic (exact) mass is 431 g/mol. The van der Waals surface area contributed by atoms with E-state index in [-0.39, 0.29) is 11.9 Å². The lowest BCUT2D eigenvalue weighted by atomic mass is 9.68. The molecule has 0 saturated heterocycles. The Balaban J connectivity index is 2.02. The quantitative estimate of drug-likeness (QED) is 0.473. The molecule has 8 heteroatoms. The molecule has 32 heavy (non-hydrogen) atoms. The molecule has 0 bridgehead atoms. The second-order valence-corrected chi connectivity index (χ2v) is 8.37. The molecule has 1 amide bonds. The second kappa shape index (κ2) is 8.55. The fraction of sp³-hybridized carbons (Fsp3) is 0.333. The van der Waals surface area contributed by atoms with Crippen LogP contribution < -0.4 is 16.4 Å². The van der Waals surface area contributed by atoms with Gasteiger partial charge in [0.15, 0.2) is 5.82 Å². The Morgan fingerprint density at radius 2 is 1.75 bits per heavy atom. The van der Waals surface area contributed by atoms with E-state index >= 15 is 0 Å². The zero-order valence-corrected chi connectivity index (χ0v) is 18.7. The number of amides is 1. The molecular weight excluding hydrogens is 402 g/mol. The average Bonchev–Trinajstić information content (AvgIpc) is 3.31. The Labute approximate surface area is 187 Å². The van der Waals surface area contributed by atoms with Gasteiger partial charge in [-0.1, -0.05) is 30.0 Å². The first-order chi connectivity index (χ1) is 15.4. The Hall–Kier alpha value is -3.52. The molecule has 0 spiro atoms. The number of hydrogen-bond acceptors (Lipinski definition) is 6. The maximum Gasteiger partial charge on any atom is 0.251 e. The van der Waals surface area contributed by atoms with Crippen molar-refractivity contribution in [3.8, 4) is 0 Å². The normalized spacial score (nSPS) is 18.1. The number of nitrogens with one attached hydrogen (secondary N) is 3. The maximum absolute atomic E-state index is 12.3. The van der Waals surface area contributed by atoms with Crippen LogP contribution in [0.5, 0.6) is 0 Å². The van der Waals surface area contributed by atoms with E-state index in [4.69, 9.17) is 5.73 Å². The van der Waals surface area contributed by atoms with E-state index in [1.807, 2.05) is 32.2 Å². The van der Waals surface area contributed by atoms with Gasteiger partial charge >= 0.3 is 0 Å². The Morgan fingerprint density at radius 1 is 1.12 bits per heavy atom. The summed E-state index contributed by atoms with van der Waals surface area (Å²) in [6.07, 6.45) is 2.18. The number of aryl methyl sites for hydroxylation is 2. The van der Waals surface area contributed by atoms with Crippen LogP contribution >= 0.6 is 0 Å². The number of aromatic nitrogens is 4. The highest BCUT2D eigenvalue weighted by Gasteiger charge is 2.45. The van der Waals surface area contributed by atoms with Crippen molar-refractivity contribution < 1.29 is 4.79 Å². The van der Waals surface area contributed by atoms with Gasteiger partial charge in [-0.15, -0.1) is 10.2 Å². The Morgan fingerprint density at radius 3 is 2.28 bits per heavy atom. The lowest BCUT2D eigenvalue weighted by Gasteiger charge is -2.35. The van der Waals surface area contributed by atoms with Crippen LogP contribution in [0.25, 0.3) is 5.70 Å². The number of H-pyrrole nitrogens is 1. The number of rotatable bonds is 6. The van der Waals surface area contributed by atoms with Crippen molar-refractivity contribution in [2.75, 3.05) is 14.1 Å². The summed E-state index contributed by atoms with van der Waals surface area (Å²) in [7, 11) is 3.50. The molecule has 1 aromatic heterocycles. The number of hydrogen-bond donors (Lipinski definition) is 4. The SMILES string of the molecule is C=C(NC)c1ccc2c(c1)CCc1cc(C(=O)NC)ccc1C2(C[C@@H](C)N)c1nn[nH]n1. The highest BCUT2D eigenvalue weighted by molar-refractivity contribution is 5.94. The van der Waals surface area contributed by atoms with Gasteiger partial charge in [0.1, 0.15) is 0 Å². The van der Waals surface area contributed by atoms with E-state index in [0.29, 0.717) is 17.8 Å². The minimum Gasteiger partial charge on any atom is -0.388 e. The van der Waals surface area contributed by atoms with Gasteiger partial charge < -0.3 is 16.4 Å². The smallest absolute Gasteiger partial charge is 0.251 e. The summed E-state index contributed by atoms with van der Waals surface area (Å²) in [4.78, 5) is 12.3. The summed E-state index contributed by atoms with van der Waals surface area (Å²) in [5.41, 5.74) is 12.7. The van der Waals surface area contributed by atoms with Gasteiger partial charge in [-0.3, -0.25) is 4.79 Å². The predicted molar refractivity (Wildman–Crippen MR) is 124 cm³/mol. The van der Waals surface area contributed by atoms with Crippen LogP contribution in [0, 0.1) is 0 Å². The molecule has 2 aromatic carbocycles. The second-order valence-electron chi connectivity index (χ2n) is 8.37. The molecule has 166 valence electrons. The lowest BCUT2D eigenvalue weighted by Crippen LogP contribution is -2.38. The number of tetrazole rings is 1. The number of nitrogens with two attached hydrogens (primary N) is 1. The maximum atomic E-state index is 12.3. The van der Waals surface area contributed by atoms with Gasteiger partial charge in [0.2, 0.25) is 0 Å². The molecule has 3 aromatic rings. The van der Waals surface area contributed by atoms with Crippen molar-refractivity contribution in [3.05, 3.63) is 82.2 Å². The fourth-order valence-corrected chi connectivity index (χ4v) is 4.84. The molecule has 1 unspecified atom stereocenters. The van der Waals surface area contributed by atoms with Gasteiger partial charge in [-0.25, -0.2) is 0 Å². The van der Waals surface area contributed by atoms with Crippen molar-refractivity contribution in [2.24, 2.45) is 5.73 Å². The van der Waals surface area contributed by atoms with Crippen LogP contribution in [0.3, 0.4) is 0 Å². The molecule has 4 rings (SSSR count). The van der Waals surface area contributed by atoms with E-state index in [2.05, 4.69) is 56.0 Å². The zero-order chi connectivity index (χ0) is 22.9. The first-order valence-electron chi connectivity index (χ1n) is 10.8. The predicted octanol–water partition coefficient (Wildman–Crippen LogP) is 1.92. The Bertz CT molecular complexity index is 1080. The number of benzene rings is 2. The third-order valence-electron chi connectivity index (χ3n) is 6.29. The molecule has 8 nitrogen and oxygen atoms in total. The number of aromatic amines is 1. The van der Waals surface area contributed by atoms with Gasteiger partial charge in [-0.2, -0.15) is 5.21 Å². The van der Waals surface area contributed by atoms with E-state index < -0.39 is 5.41 Å². The van der Waals surface area contributed by atoms with E-state index in [0.717, 1.165) is 40.8 Å². The molecule has 5 N–H and O–H groups in total. The number of fused-ring (bicyclic) bond motifs is 2. The van der Waals surface area contributed by atoms with Crippen molar-refractivity contribution in [1.82, 2.24) is 31.3 Å². The van der Waals surface area contributed by atoms with Crippen LogP contribution in [0.15, 0.2) is 43.0 Å². The molecule has 0 saturated carbocycles. The third-order valence-corrected chi connectivity index (χ3v) is 6.29. The number of carbonyl (C=O) groups excluding carboxylic acids is 1. The highest BCUT2D eigenvalue weighted by atomic mass is 16.1. The van der Waals surface area contributed by atoms with Crippen molar-refractivity contribution >= 4 is 11.6 Å². The van der Waals surface area contributed by atoms with Crippen LogP contribution in [-0.4, -0.2) is 46.7 Å². The van der Waals surface area contributed by atoms with Gasteiger partial charge in [0.05, 0.1) is 5.41 Å². The molecule has 0 radical (unpaired) electrons. The van der Waals surface area contributed by atoms with E-state index in [9.17, 15) is 4.79 Å². The summed E-state index contributed by atoms with van der Waals surface area (Å²) in [5.74, 6) is 0.464. The minimum absolute atomic E-state index is 0.112. The van der Waals surface area contributed by atoms with Crippen LogP contribution in [0.4, 0.5) is 0 Å². The average molecular weight is 432 g/mol. The molecule has 0 fully saturated rings. The topological polar surface area (TPSA) is 122 Å². The van der Waals surface area contributed by atoms with E-state index in [1.54, 1.807) is 7.05 Å². The van der Waals surface area contributed by atoms with Crippen molar-refractivity contribution in [1.29, 1.82) is 0 Å². The van der Waals surface area contributed by atoms with Crippen molar-refractivity contribution in [3.63, 3.8) is 0 Å². The largest absolute Gasteiger partial charge is 0.388 e. The molecule has 1 heterocycles. The Kier molecular flexibility index (Phi) is 5.80. The summed E-state index contributed by atoms with van der Waals surface area (Å²) < 4.78 is 0. The fourth-order valence-electron chi connectivity index (χ4n) is 4.84. The first-order valence-corrected chi connectivity index (χ1v) is 10.8. The molecular formula is C24H29N7O.